The molecule has 0 fully saturated rings. The van der Waals surface area contributed by atoms with Gasteiger partial charge in [0.2, 0.25) is 0 Å². The normalized spacial score (nSPS) is 20.4. The van der Waals surface area contributed by atoms with Crippen LogP contribution in [0.5, 0.6) is 0 Å². The molecule has 0 radical (unpaired) electrons. The van der Waals surface area contributed by atoms with Crippen molar-refractivity contribution in [3.05, 3.63) is 40.0 Å². The molecule has 0 saturated carbocycles. The van der Waals surface area contributed by atoms with Gasteiger partial charge in [-0.05, 0) is 0 Å². The summed E-state index contributed by atoms with van der Waals surface area (Å²) < 4.78 is 0.700. The summed E-state index contributed by atoms with van der Waals surface area (Å²) in [6.45, 7) is 9.14. The standard InChI is InChI=1S/C15H19.Zr/c1-5-11(3)13-7-6-12(4)14-8-10(2)9-15(13)14;/h6-9,11H,5H2,1-4H3;. The van der Waals surface area contributed by atoms with Gasteiger partial charge in [-0.15, -0.1) is 0 Å². The van der Waals surface area contributed by atoms with Crippen molar-refractivity contribution in [2.75, 3.05) is 0 Å². The van der Waals surface area contributed by atoms with E-state index in [1.165, 1.54) is 17.5 Å². The fourth-order valence-electron chi connectivity index (χ4n) is 2.49. The van der Waals surface area contributed by atoms with Crippen molar-refractivity contribution in [2.45, 2.75) is 43.7 Å². The van der Waals surface area contributed by atoms with E-state index >= 15 is 0 Å². The molecule has 16 heavy (non-hydrogen) atoms. The van der Waals surface area contributed by atoms with Crippen molar-refractivity contribution >= 4 is 6.08 Å². The van der Waals surface area contributed by atoms with E-state index in [1.807, 2.05) is 0 Å². The van der Waals surface area contributed by atoms with Crippen molar-refractivity contribution in [3.63, 3.8) is 0 Å². The maximum absolute atomic E-state index is 2.42. The molecular formula is C15H19Zr. The third-order valence-corrected chi connectivity index (χ3v) is 5.63. The zero-order valence-corrected chi connectivity index (χ0v) is 13.1. The van der Waals surface area contributed by atoms with E-state index in [0.717, 1.165) is 0 Å². The van der Waals surface area contributed by atoms with Gasteiger partial charge in [0, 0.05) is 0 Å². The molecule has 1 aliphatic carbocycles. The van der Waals surface area contributed by atoms with Gasteiger partial charge in [-0.2, -0.15) is 0 Å². The van der Waals surface area contributed by atoms with Crippen molar-refractivity contribution < 1.29 is 24.7 Å². The van der Waals surface area contributed by atoms with Gasteiger partial charge in [0.15, 0.2) is 0 Å². The zero-order chi connectivity index (χ0) is 11.9. The molecular weight excluding hydrogens is 271 g/mol. The number of hydrogen-bond acceptors (Lipinski definition) is 0. The second-order valence-corrected chi connectivity index (χ2v) is 6.35. The van der Waals surface area contributed by atoms with Gasteiger partial charge < -0.3 is 0 Å². The Hall–Kier alpha value is -0.157. The summed E-state index contributed by atoms with van der Waals surface area (Å²) in [6.07, 6.45) is 3.65. The number of hydrogen-bond donors (Lipinski definition) is 0. The van der Waals surface area contributed by atoms with Crippen LogP contribution in [0.25, 0.3) is 6.08 Å². The Balaban J connectivity index is 2.60. The Kier molecular flexibility index (Phi) is 3.54. The van der Waals surface area contributed by atoms with Crippen LogP contribution >= 0.6 is 0 Å². The van der Waals surface area contributed by atoms with Crippen molar-refractivity contribution in [3.8, 4) is 0 Å². The van der Waals surface area contributed by atoms with Crippen molar-refractivity contribution in [1.29, 1.82) is 0 Å². The number of rotatable bonds is 2. The van der Waals surface area contributed by atoms with E-state index in [4.69, 9.17) is 0 Å². The summed E-state index contributed by atoms with van der Waals surface area (Å²) in [4.78, 5) is 0. The Bertz CT molecular complexity index is 443. The van der Waals surface area contributed by atoms with Crippen molar-refractivity contribution in [2.24, 2.45) is 0 Å². The minimum absolute atomic E-state index is 0.680. The fourth-order valence-corrected chi connectivity index (χ4v) is 3.64. The molecule has 0 heterocycles. The first kappa shape index (κ1) is 12.3. The Labute approximate surface area is 114 Å². The predicted octanol–water partition coefficient (Wildman–Crippen LogP) is 4.51. The van der Waals surface area contributed by atoms with Crippen LogP contribution in [-0.2, 0) is 24.7 Å². The zero-order valence-electron chi connectivity index (χ0n) is 10.6. The molecule has 2 atom stereocenters. The second kappa shape index (κ2) is 4.61. The minimum atomic E-state index is 0.680. The molecule has 1 aromatic carbocycles. The number of benzene rings is 1. The van der Waals surface area contributed by atoms with E-state index in [-0.39, 0.29) is 0 Å². The maximum atomic E-state index is 2.42. The average Bonchev–Trinajstić information content (AvgIpc) is 2.56. The third kappa shape index (κ3) is 1.88. The predicted molar refractivity (Wildman–Crippen MR) is 66.3 cm³/mol. The van der Waals surface area contributed by atoms with Gasteiger partial charge in [0.05, 0.1) is 0 Å². The molecule has 0 amide bonds. The molecule has 2 unspecified atom stereocenters. The summed E-state index contributed by atoms with van der Waals surface area (Å²) in [7, 11) is 0. The molecule has 0 aromatic heterocycles. The van der Waals surface area contributed by atoms with Gasteiger partial charge in [0.1, 0.15) is 0 Å². The first-order chi connectivity index (χ1) is 7.56. The second-order valence-electron chi connectivity index (χ2n) is 4.93. The van der Waals surface area contributed by atoms with Crippen LogP contribution in [0, 0.1) is 6.92 Å². The molecule has 83 valence electrons. The van der Waals surface area contributed by atoms with Crippen LogP contribution in [0.4, 0.5) is 0 Å². The fraction of sp³-hybridized carbons (Fsp3) is 0.467. The van der Waals surface area contributed by atoms with Crippen LogP contribution in [0.3, 0.4) is 0 Å². The summed E-state index contributed by atoms with van der Waals surface area (Å²) in [6, 6.07) is 4.64. The molecule has 0 spiro atoms. The first-order valence-corrected chi connectivity index (χ1v) is 7.50. The van der Waals surface area contributed by atoms with Crippen molar-refractivity contribution in [1.82, 2.24) is 0 Å². The molecule has 0 aliphatic heterocycles. The Morgan fingerprint density at radius 2 is 2.00 bits per heavy atom. The first-order valence-electron chi connectivity index (χ1n) is 6.09. The van der Waals surface area contributed by atoms with Crippen LogP contribution in [0.2, 0.25) is 0 Å². The SMILES string of the molecule is CCC(C)c1ccc(C)c2c1C=C(C)[CH]2[Zr]. The Morgan fingerprint density at radius 1 is 1.31 bits per heavy atom. The van der Waals surface area contributed by atoms with E-state index in [1.54, 1.807) is 41.4 Å². The molecule has 0 bridgehead atoms. The summed E-state index contributed by atoms with van der Waals surface area (Å²) in [5.41, 5.74) is 7.71. The molecule has 1 heteroatoms. The number of allylic oxidation sites excluding steroid dienone is 1. The molecule has 0 saturated heterocycles. The van der Waals surface area contributed by atoms with Gasteiger partial charge in [0.25, 0.3) is 0 Å². The van der Waals surface area contributed by atoms with Crippen LogP contribution in [-0.4, -0.2) is 0 Å². The quantitative estimate of drug-likeness (QED) is 0.751. The molecule has 0 N–H and O–H groups in total. The monoisotopic (exact) mass is 289 g/mol. The van der Waals surface area contributed by atoms with Gasteiger partial charge in [-0.3, -0.25) is 0 Å². The summed E-state index contributed by atoms with van der Waals surface area (Å²) in [5, 5.41) is 0. The average molecular weight is 291 g/mol. The topological polar surface area (TPSA) is 0 Å². The van der Waals surface area contributed by atoms with Gasteiger partial charge >= 0.3 is 114 Å². The van der Waals surface area contributed by atoms with Gasteiger partial charge in [-0.25, -0.2) is 0 Å². The number of aryl methyl sites for hydroxylation is 1. The van der Waals surface area contributed by atoms with E-state index in [9.17, 15) is 0 Å². The molecule has 1 aliphatic rings. The molecule has 2 rings (SSSR count). The van der Waals surface area contributed by atoms with Crippen LogP contribution in [0.1, 0.15) is 59.0 Å². The third-order valence-electron chi connectivity index (χ3n) is 3.80. The molecule has 1 aromatic rings. The summed E-state index contributed by atoms with van der Waals surface area (Å²) >= 11 is 1.62. The van der Waals surface area contributed by atoms with Gasteiger partial charge in [-0.1, -0.05) is 0 Å². The Morgan fingerprint density at radius 3 is 2.62 bits per heavy atom. The number of fused-ring (bicyclic) bond motifs is 1. The van der Waals surface area contributed by atoms with Crippen LogP contribution in [0.15, 0.2) is 17.7 Å². The van der Waals surface area contributed by atoms with E-state index < -0.39 is 0 Å². The molecule has 0 nitrogen and oxygen atoms in total. The summed E-state index contributed by atoms with van der Waals surface area (Å²) in [5.74, 6) is 0.680. The van der Waals surface area contributed by atoms with E-state index in [2.05, 4.69) is 45.9 Å². The van der Waals surface area contributed by atoms with Crippen LogP contribution < -0.4 is 0 Å². The van der Waals surface area contributed by atoms with E-state index in [0.29, 0.717) is 9.54 Å².